The van der Waals surface area contributed by atoms with Gasteiger partial charge in [-0.1, -0.05) is 6.92 Å². The van der Waals surface area contributed by atoms with Gasteiger partial charge in [-0.05, 0) is 20.8 Å². The van der Waals surface area contributed by atoms with Crippen molar-refractivity contribution in [3.63, 3.8) is 0 Å². The van der Waals surface area contributed by atoms with Crippen LogP contribution in [0.3, 0.4) is 0 Å². The Bertz CT molecular complexity index is 1060. The minimum Gasteiger partial charge on any atom is -0.461 e. The van der Waals surface area contributed by atoms with Gasteiger partial charge in [-0.3, -0.25) is 18.6 Å². The van der Waals surface area contributed by atoms with E-state index in [-0.39, 0.29) is 24.4 Å². The molecule has 0 saturated carbocycles. The second-order valence-corrected chi connectivity index (χ2v) is 9.62. The van der Waals surface area contributed by atoms with Gasteiger partial charge in [-0.2, -0.15) is 0 Å². The second kappa shape index (κ2) is 8.27. The van der Waals surface area contributed by atoms with E-state index >= 15 is 0 Å². The normalized spacial score (nSPS) is 31.9. The highest BCUT2D eigenvalue weighted by Gasteiger charge is 2.51. The molecule has 2 N–H and O–H groups in total. The van der Waals surface area contributed by atoms with Crippen molar-refractivity contribution >= 4 is 36.5 Å². The predicted octanol–water partition coefficient (Wildman–Crippen LogP) is 1.92. The molecule has 168 valence electrons. The first-order valence-electron chi connectivity index (χ1n) is 9.94. The lowest BCUT2D eigenvalue weighted by Crippen LogP contribution is -2.36. The summed E-state index contributed by atoms with van der Waals surface area (Å²) in [7, 11) is -3.66. The highest BCUT2D eigenvalue weighted by atomic mass is 31.2. The number of carbonyl (C=O) groups is 1. The molecule has 0 amide bonds. The fourth-order valence-corrected chi connectivity index (χ4v) is 5.13. The van der Waals surface area contributed by atoms with Crippen molar-refractivity contribution in [3.05, 3.63) is 12.7 Å². The molecule has 12 nitrogen and oxygen atoms in total. The monoisotopic (exact) mass is 452 g/mol. The van der Waals surface area contributed by atoms with E-state index in [0.717, 1.165) is 5.96 Å². The number of nitrogens with zero attached hydrogens (tertiary/aromatic N) is 5. The van der Waals surface area contributed by atoms with Crippen LogP contribution >= 0.6 is 7.60 Å². The Morgan fingerprint density at radius 1 is 1.39 bits per heavy atom. The van der Waals surface area contributed by atoms with Gasteiger partial charge in [0.05, 0.1) is 19.0 Å². The Morgan fingerprint density at radius 2 is 2.16 bits per heavy atom. The summed E-state index contributed by atoms with van der Waals surface area (Å²) < 4.78 is 37.3. The number of hydrogen-bond acceptors (Lipinski definition) is 11. The first kappa shape index (κ1) is 21.8. The van der Waals surface area contributed by atoms with E-state index in [0.29, 0.717) is 11.2 Å². The highest BCUT2D eigenvalue weighted by Crippen LogP contribution is 2.55. The Balaban J connectivity index is 1.49. The molecule has 4 heterocycles. The molecule has 2 aliphatic rings. The average Bonchev–Trinajstić information content (AvgIpc) is 3.28. The van der Waals surface area contributed by atoms with Gasteiger partial charge >= 0.3 is 13.6 Å². The standard InChI is InChI=1S/C18H25N6O6P/c1-9(2)28-18(25)11(4)23-8-31(26)27-5-12-14(30-31)10(3)17(29-12)24-7-22-13-15(19)20-6-21-16(13)24/h6-12,14,17H,5H2,1-4H3,(H2,19,20,21). The second-order valence-electron chi connectivity index (χ2n) is 7.84. The van der Waals surface area contributed by atoms with Crippen molar-refractivity contribution in [2.75, 3.05) is 12.3 Å². The summed E-state index contributed by atoms with van der Waals surface area (Å²) in [4.78, 5) is 28.4. The van der Waals surface area contributed by atoms with E-state index in [1.54, 1.807) is 31.7 Å². The van der Waals surface area contributed by atoms with Crippen LogP contribution in [0.5, 0.6) is 0 Å². The van der Waals surface area contributed by atoms with E-state index in [2.05, 4.69) is 19.9 Å². The van der Waals surface area contributed by atoms with E-state index in [9.17, 15) is 9.36 Å². The predicted molar refractivity (Wildman–Crippen MR) is 110 cm³/mol. The fraction of sp³-hybridized carbons (Fsp3) is 0.611. The number of hydrogen-bond donors (Lipinski definition) is 1. The third kappa shape index (κ3) is 4.20. The molecule has 6 atom stereocenters. The van der Waals surface area contributed by atoms with E-state index in [1.165, 1.54) is 6.33 Å². The van der Waals surface area contributed by atoms with Crippen molar-refractivity contribution in [1.82, 2.24) is 19.5 Å². The zero-order chi connectivity index (χ0) is 22.3. The number of imidazole rings is 1. The number of ether oxygens (including phenoxy) is 2. The Kier molecular flexibility index (Phi) is 5.82. The summed E-state index contributed by atoms with van der Waals surface area (Å²) in [6.07, 6.45) is 1.26. The fourth-order valence-electron chi connectivity index (χ4n) is 3.57. The number of esters is 1. The van der Waals surface area contributed by atoms with Crippen LogP contribution in [0.1, 0.15) is 33.9 Å². The van der Waals surface area contributed by atoms with Gasteiger partial charge in [0, 0.05) is 5.92 Å². The summed E-state index contributed by atoms with van der Waals surface area (Å²) in [6, 6.07) is -0.828. The van der Waals surface area contributed by atoms with Crippen LogP contribution in [0.2, 0.25) is 0 Å². The summed E-state index contributed by atoms with van der Waals surface area (Å²) in [5.41, 5.74) is 6.87. The number of aliphatic imine (C=N–C) groups is 1. The number of fused-ring (bicyclic) bond motifs is 2. The van der Waals surface area contributed by atoms with Crippen molar-refractivity contribution in [2.45, 2.75) is 58.3 Å². The zero-order valence-electron chi connectivity index (χ0n) is 17.6. The Hall–Kier alpha value is -2.40. The summed E-state index contributed by atoms with van der Waals surface area (Å²) in [5.74, 6) is 0.638. The molecule has 0 bridgehead atoms. The van der Waals surface area contributed by atoms with Crippen molar-refractivity contribution in [3.8, 4) is 0 Å². The number of nitrogen functional groups attached to an aromatic ring is 1. The van der Waals surface area contributed by atoms with Crippen LogP contribution in [-0.2, 0) is 27.9 Å². The quantitative estimate of drug-likeness (QED) is 0.404. The van der Waals surface area contributed by atoms with Crippen molar-refractivity contribution in [1.29, 1.82) is 0 Å². The molecule has 2 fully saturated rings. The molecule has 0 aromatic carbocycles. The third-order valence-corrected chi connectivity index (χ3v) is 6.58. The number of aromatic nitrogens is 4. The maximum atomic E-state index is 13.1. The molecule has 0 radical (unpaired) electrons. The molecule has 2 aliphatic heterocycles. The van der Waals surface area contributed by atoms with Gasteiger partial charge in [-0.25, -0.2) is 19.7 Å². The lowest BCUT2D eigenvalue weighted by molar-refractivity contribution is -0.148. The van der Waals surface area contributed by atoms with Crippen LogP contribution < -0.4 is 5.73 Å². The lowest BCUT2D eigenvalue weighted by Gasteiger charge is -2.30. The Morgan fingerprint density at radius 3 is 2.90 bits per heavy atom. The van der Waals surface area contributed by atoms with Gasteiger partial charge < -0.3 is 19.7 Å². The van der Waals surface area contributed by atoms with Crippen LogP contribution in [0.4, 0.5) is 5.82 Å². The molecule has 2 saturated heterocycles. The topological polar surface area (TPSA) is 153 Å². The van der Waals surface area contributed by atoms with Crippen LogP contribution in [-0.4, -0.2) is 62.4 Å². The molecule has 6 unspecified atom stereocenters. The maximum absolute atomic E-state index is 13.1. The van der Waals surface area contributed by atoms with E-state index in [1.807, 2.05) is 6.92 Å². The number of nitrogens with two attached hydrogens (primary N) is 1. The molecule has 13 heteroatoms. The summed E-state index contributed by atoms with van der Waals surface area (Å²) >= 11 is 0. The molecule has 31 heavy (non-hydrogen) atoms. The first-order valence-corrected chi connectivity index (χ1v) is 11.6. The lowest BCUT2D eigenvalue weighted by atomic mass is 10.0. The van der Waals surface area contributed by atoms with Gasteiger partial charge in [0.1, 0.15) is 42.3 Å². The number of rotatable bonds is 5. The Labute approximate surface area is 178 Å². The molecular weight excluding hydrogens is 427 g/mol. The number of carbonyl (C=O) groups excluding carboxylic acids is 1. The minimum absolute atomic E-state index is 0.0589. The smallest absolute Gasteiger partial charge is 0.372 e. The zero-order valence-corrected chi connectivity index (χ0v) is 18.5. The molecule has 2 aromatic heterocycles. The van der Waals surface area contributed by atoms with Crippen molar-refractivity contribution < 1.29 is 27.9 Å². The van der Waals surface area contributed by atoms with Gasteiger partial charge in [0.15, 0.2) is 11.5 Å². The van der Waals surface area contributed by atoms with Gasteiger partial charge in [-0.15, -0.1) is 0 Å². The molecule has 0 spiro atoms. The largest absolute Gasteiger partial charge is 0.461 e. The average molecular weight is 452 g/mol. The maximum Gasteiger partial charge on any atom is 0.372 e. The third-order valence-electron chi connectivity index (χ3n) is 5.12. The van der Waals surface area contributed by atoms with E-state index in [4.69, 9.17) is 24.3 Å². The molecule has 4 rings (SSSR count). The van der Waals surface area contributed by atoms with Gasteiger partial charge in [0.2, 0.25) is 0 Å². The van der Waals surface area contributed by atoms with Crippen LogP contribution in [0.15, 0.2) is 17.6 Å². The molecule has 0 aliphatic carbocycles. The molecule has 2 aromatic rings. The molecular formula is C18H25N6O6P. The first-order chi connectivity index (χ1) is 14.7. The summed E-state index contributed by atoms with van der Waals surface area (Å²) in [6.45, 7) is 7.01. The highest BCUT2D eigenvalue weighted by molar-refractivity contribution is 7.69. The van der Waals surface area contributed by atoms with Crippen LogP contribution in [0.25, 0.3) is 11.2 Å². The SMILES string of the molecule is CC(C)OC(=O)C(C)N=CP1(=O)OCC2OC(n3cnc4c(N)ncnc43)C(C)C2O1. The number of anilines is 1. The van der Waals surface area contributed by atoms with Crippen molar-refractivity contribution in [2.24, 2.45) is 10.9 Å². The van der Waals surface area contributed by atoms with Crippen LogP contribution in [0, 0.1) is 5.92 Å². The van der Waals surface area contributed by atoms with E-state index < -0.39 is 38.0 Å². The van der Waals surface area contributed by atoms with Gasteiger partial charge in [0.25, 0.3) is 0 Å². The summed E-state index contributed by atoms with van der Waals surface area (Å²) in [5, 5.41) is 0. The minimum atomic E-state index is -3.66.